The molecule has 0 bridgehead atoms. The summed E-state index contributed by atoms with van der Waals surface area (Å²) in [6.07, 6.45) is 2.14. The van der Waals surface area contributed by atoms with Crippen molar-refractivity contribution in [2.24, 2.45) is 5.73 Å². The van der Waals surface area contributed by atoms with Crippen LogP contribution in [-0.2, 0) is 6.54 Å². The molecule has 0 aliphatic heterocycles. The van der Waals surface area contributed by atoms with Crippen LogP contribution in [0.1, 0.15) is 55.1 Å². The summed E-state index contributed by atoms with van der Waals surface area (Å²) in [5.74, 6) is 0.448. The second-order valence-electron chi connectivity index (χ2n) is 5.27. The fourth-order valence-corrected chi connectivity index (χ4v) is 2.69. The number of benzene rings is 1. The van der Waals surface area contributed by atoms with Gasteiger partial charge in [0, 0.05) is 12.5 Å². The van der Waals surface area contributed by atoms with E-state index in [0.29, 0.717) is 12.5 Å². The maximum Gasteiger partial charge on any atom is 0.100 e. The third kappa shape index (κ3) is 2.48. The van der Waals surface area contributed by atoms with Gasteiger partial charge < -0.3 is 5.73 Å². The zero-order valence-corrected chi connectivity index (χ0v) is 12.8. The molecule has 0 spiro atoms. The Morgan fingerprint density at radius 3 is 2.50 bits per heavy atom. The minimum absolute atomic E-state index is 0.441. The number of rotatable bonds is 5. The number of aryl methyl sites for hydroxylation is 1. The van der Waals surface area contributed by atoms with Gasteiger partial charge in [0.25, 0.3) is 0 Å². The molecule has 1 heterocycles. The van der Waals surface area contributed by atoms with Gasteiger partial charge in [0.15, 0.2) is 0 Å². The summed E-state index contributed by atoms with van der Waals surface area (Å²) in [4.78, 5) is 0. The molecule has 20 heavy (non-hydrogen) atoms. The Kier molecular flexibility index (Phi) is 4.55. The number of aromatic nitrogens is 3. The molecule has 2 N–H and O–H groups in total. The number of nitrogens with two attached hydrogens (primary N) is 1. The van der Waals surface area contributed by atoms with Crippen molar-refractivity contribution in [3.05, 3.63) is 40.7 Å². The zero-order chi connectivity index (χ0) is 14.7. The molecular formula is C16H24N4. The van der Waals surface area contributed by atoms with Crippen molar-refractivity contribution in [3.63, 3.8) is 0 Å². The van der Waals surface area contributed by atoms with Gasteiger partial charge >= 0.3 is 0 Å². The first-order chi connectivity index (χ1) is 9.63. The molecule has 0 saturated carbocycles. The van der Waals surface area contributed by atoms with Crippen LogP contribution in [0.25, 0.3) is 5.69 Å². The van der Waals surface area contributed by atoms with Gasteiger partial charge in [-0.05, 0) is 43.9 Å². The highest BCUT2D eigenvalue weighted by molar-refractivity contribution is 5.45. The molecule has 0 amide bonds. The highest BCUT2D eigenvalue weighted by Gasteiger charge is 2.21. The summed E-state index contributed by atoms with van der Waals surface area (Å²) in [5.41, 5.74) is 11.6. The highest BCUT2D eigenvalue weighted by Crippen LogP contribution is 2.28. The molecule has 0 atom stereocenters. The van der Waals surface area contributed by atoms with Crippen molar-refractivity contribution in [1.29, 1.82) is 0 Å². The van der Waals surface area contributed by atoms with Crippen LogP contribution >= 0.6 is 0 Å². The molecule has 0 aliphatic rings. The largest absolute Gasteiger partial charge is 0.325 e. The van der Waals surface area contributed by atoms with Crippen molar-refractivity contribution in [3.8, 4) is 5.69 Å². The first-order valence-electron chi connectivity index (χ1n) is 7.35. The minimum atomic E-state index is 0.441. The smallest absolute Gasteiger partial charge is 0.100 e. The minimum Gasteiger partial charge on any atom is -0.325 e. The SMILES string of the molecule is CCC(CC)c1c(CN)nnn1-c1cccc(C)c1C. The van der Waals surface area contributed by atoms with E-state index in [1.165, 1.54) is 16.8 Å². The van der Waals surface area contributed by atoms with Crippen LogP contribution in [0.15, 0.2) is 18.2 Å². The highest BCUT2D eigenvalue weighted by atomic mass is 15.4. The van der Waals surface area contributed by atoms with Crippen LogP contribution in [0.2, 0.25) is 0 Å². The Labute approximate surface area is 121 Å². The third-order valence-corrected chi connectivity index (χ3v) is 4.15. The van der Waals surface area contributed by atoms with E-state index in [-0.39, 0.29) is 0 Å². The summed E-state index contributed by atoms with van der Waals surface area (Å²) < 4.78 is 1.99. The van der Waals surface area contributed by atoms with Gasteiger partial charge in [0.1, 0.15) is 5.69 Å². The Hall–Kier alpha value is -1.68. The van der Waals surface area contributed by atoms with E-state index in [9.17, 15) is 0 Å². The van der Waals surface area contributed by atoms with Gasteiger partial charge in [-0.3, -0.25) is 0 Å². The molecule has 1 aromatic carbocycles. The van der Waals surface area contributed by atoms with E-state index in [4.69, 9.17) is 5.73 Å². The lowest BCUT2D eigenvalue weighted by Gasteiger charge is -2.17. The van der Waals surface area contributed by atoms with E-state index in [1.54, 1.807) is 0 Å². The molecule has 108 valence electrons. The molecule has 0 unspecified atom stereocenters. The van der Waals surface area contributed by atoms with Gasteiger partial charge in [-0.25, -0.2) is 4.68 Å². The van der Waals surface area contributed by atoms with Gasteiger partial charge in [0.2, 0.25) is 0 Å². The lowest BCUT2D eigenvalue weighted by molar-refractivity contribution is 0.590. The quantitative estimate of drug-likeness (QED) is 0.909. The lowest BCUT2D eigenvalue weighted by Crippen LogP contribution is -2.11. The van der Waals surface area contributed by atoms with Gasteiger partial charge in [-0.1, -0.05) is 31.2 Å². The molecule has 0 saturated heterocycles. The summed E-state index contributed by atoms with van der Waals surface area (Å²) in [7, 11) is 0. The van der Waals surface area contributed by atoms with E-state index < -0.39 is 0 Å². The maximum atomic E-state index is 5.84. The number of hydrogen-bond donors (Lipinski definition) is 1. The summed E-state index contributed by atoms with van der Waals surface area (Å²) in [6.45, 7) is 9.10. The molecule has 4 heteroatoms. The predicted octanol–water partition coefficient (Wildman–Crippen LogP) is 3.25. The normalized spacial score (nSPS) is 11.3. The number of hydrogen-bond acceptors (Lipinski definition) is 3. The van der Waals surface area contributed by atoms with Gasteiger partial charge in [-0.15, -0.1) is 5.10 Å². The summed E-state index contributed by atoms with van der Waals surface area (Å²) in [6, 6.07) is 6.29. The summed E-state index contributed by atoms with van der Waals surface area (Å²) in [5, 5.41) is 8.65. The third-order valence-electron chi connectivity index (χ3n) is 4.15. The molecule has 0 radical (unpaired) electrons. The van der Waals surface area contributed by atoms with Crippen molar-refractivity contribution in [1.82, 2.24) is 15.0 Å². The monoisotopic (exact) mass is 272 g/mol. The molecule has 1 aromatic heterocycles. The molecule has 0 aliphatic carbocycles. The van der Waals surface area contributed by atoms with Crippen molar-refractivity contribution >= 4 is 0 Å². The van der Waals surface area contributed by atoms with E-state index >= 15 is 0 Å². The fraction of sp³-hybridized carbons (Fsp3) is 0.500. The van der Waals surface area contributed by atoms with Crippen molar-refractivity contribution in [2.75, 3.05) is 0 Å². The Morgan fingerprint density at radius 2 is 1.90 bits per heavy atom. The maximum absolute atomic E-state index is 5.84. The van der Waals surface area contributed by atoms with Crippen molar-refractivity contribution in [2.45, 2.75) is 53.0 Å². The molecule has 2 rings (SSSR count). The zero-order valence-electron chi connectivity index (χ0n) is 12.8. The van der Waals surface area contributed by atoms with E-state index in [0.717, 1.165) is 24.2 Å². The van der Waals surface area contributed by atoms with E-state index in [2.05, 4.69) is 56.2 Å². The second-order valence-corrected chi connectivity index (χ2v) is 5.27. The Balaban J connectivity index is 2.62. The first kappa shape index (κ1) is 14.7. The standard InChI is InChI=1S/C16H24N4/c1-5-13(6-2)16-14(10-17)18-19-20(16)15-9-7-8-11(3)12(15)4/h7-9,13H,5-6,10,17H2,1-4H3. The van der Waals surface area contributed by atoms with Crippen LogP contribution in [0.4, 0.5) is 0 Å². The topological polar surface area (TPSA) is 56.7 Å². The first-order valence-corrected chi connectivity index (χ1v) is 7.35. The molecule has 4 nitrogen and oxygen atoms in total. The predicted molar refractivity (Wildman–Crippen MR) is 82.0 cm³/mol. The molecule has 0 fully saturated rings. The average molecular weight is 272 g/mol. The lowest BCUT2D eigenvalue weighted by atomic mass is 9.97. The van der Waals surface area contributed by atoms with Gasteiger partial charge in [0.05, 0.1) is 11.4 Å². The van der Waals surface area contributed by atoms with Gasteiger partial charge in [-0.2, -0.15) is 0 Å². The fourth-order valence-electron chi connectivity index (χ4n) is 2.69. The summed E-state index contributed by atoms with van der Waals surface area (Å²) >= 11 is 0. The van der Waals surface area contributed by atoms with Crippen LogP contribution in [0.3, 0.4) is 0 Å². The van der Waals surface area contributed by atoms with Crippen LogP contribution in [-0.4, -0.2) is 15.0 Å². The van der Waals surface area contributed by atoms with E-state index in [1.807, 2.05) is 4.68 Å². The van der Waals surface area contributed by atoms with Crippen LogP contribution in [0.5, 0.6) is 0 Å². The second kappa shape index (κ2) is 6.18. The Bertz CT molecular complexity index is 582. The van der Waals surface area contributed by atoms with Crippen LogP contribution in [0, 0.1) is 13.8 Å². The van der Waals surface area contributed by atoms with Crippen molar-refractivity contribution < 1.29 is 0 Å². The average Bonchev–Trinajstić information content (AvgIpc) is 2.87. The van der Waals surface area contributed by atoms with Crippen LogP contribution < -0.4 is 5.73 Å². The molecule has 2 aromatic rings. The Morgan fingerprint density at radius 1 is 1.20 bits per heavy atom. The molecular weight excluding hydrogens is 248 g/mol. The number of nitrogens with zero attached hydrogens (tertiary/aromatic N) is 3.